The summed E-state index contributed by atoms with van der Waals surface area (Å²) in [7, 11) is 0. The van der Waals surface area contributed by atoms with Crippen molar-refractivity contribution >= 4 is 34.1 Å². The van der Waals surface area contributed by atoms with Crippen LogP contribution in [0.5, 0.6) is 0 Å². The molecular weight excluding hydrogens is 266 g/mol. The number of nitrogens with two attached hydrogens (primary N) is 1. The highest BCUT2D eigenvalue weighted by Crippen LogP contribution is 2.19. The summed E-state index contributed by atoms with van der Waals surface area (Å²) >= 11 is 3.13. The first-order valence-electron chi connectivity index (χ1n) is 6.15. The quantitative estimate of drug-likeness (QED) is 0.721. The van der Waals surface area contributed by atoms with Crippen molar-refractivity contribution in [3.05, 3.63) is 10.6 Å². The number of hydrogen-bond donors (Lipinski definition) is 2. The minimum Gasteiger partial charge on any atom is -0.375 e. The van der Waals surface area contributed by atoms with Gasteiger partial charge in [0.1, 0.15) is 4.88 Å². The lowest BCUT2D eigenvalue weighted by atomic mass is 10.2. The molecule has 0 saturated heterocycles. The molecule has 0 unspecified atom stereocenters. The standard InChI is InChI=1S/C12H21N3OS2/c1-9-10(18-12(13)15-9)11(16)14-7-5-3-4-6-8-17-2/h3-8H2,1-2H3,(H2,13,15)(H,14,16). The van der Waals surface area contributed by atoms with Crippen LogP contribution in [0.2, 0.25) is 0 Å². The molecule has 0 spiro atoms. The van der Waals surface area contributed by atoms with Gasteiger partial charge in [-0.15, -0.1) is 0 Å². The number of amides is 1. The van der Waals surface area contributed by atoms with Crippen molar-refractivity contribution in [2.45, 2.75) is 32.6 Å². The molecule has 18 heavy (non-hydrogen) atoms. The molecule has 0 aliphatic rings. The molecule has 6 heteroatoms. The van der Waals surface area contributed by atoms with E-state index in [9.17, 15) is 4.79 Å². The maximum absolute atomic E-state index is 11.8. The second kappa shape index (κ2) is 8.37. The van der Waals surface area contributed by atoms with Gasteiger partial charge in [-0.2, -0.15) is 11.8 Å². The van der Waals surface area contributed by atoms with E-state index in [0.29, 0.717) is 10.0 Å². The molecule has 0 aliphatic carbocycles. The molecule has 0 atom stereocenters. The fourth-order valence-electron chi connectivity index (χ4n) is 1.64. The van der Waals surface area contributed by atoms with Gasteiger partial charge in [-0.25, -0.2) is 4.98 Å². The lowest BCUT2D eigenvalue weighted by Crippen LogP contribution is -2.24. The summed E-state index contributed by atoms with van der Waals surface area (Å²) < 4.78 is 0. The number of nitrogens with one attached hydrogen (secondary N) is 1. The summed E-state index contributed by atoms with van der Waals surface area (Å²) in [6.45, 7) is 2.54. The Labute approximate surface area is 117 Å². The van der Waals surface area contributed by atoms with Gasteiger partial charge in [0, 0.05) is 6.54 Å². The Balaban J connectivity index is 2.16. The second-order valence-corrected chi connectivity index (χ2v) is 6.15. The molecule has 0 saturated carbocycles. The fourth-order valence-corrected chi connectivity index (χ4v) is 2.88. The maximum atomic E-state index is 11.8. The third-order valence-electron chi connectivity index (χ3n) is 2.58. The highest BCUT2D eigenvalue weighted by atomic mass is 32.2. The van der Waals surface area contributed by atoms with Crippen LogP contribution in [0.1, 0.15) is 41.0 Å². The van der Waals surface area contributed by atoms with Crippen molar-refractivity contribution in [3.8, 4) is 0 Å². The zero-order chi connectivity index (χ0) is 13.4. The van der Waals surface area contributed by atoms with Gasteiger partial charge >= 0.3 is 0 Å². The van der Waals surface area contributed by atoms with Gasteiger partial charge in [0.15, 0.2) is 5.13 Å². The van der Waals surface area contributed by atoms with Crippen LogP contribution in [-0.4, -0.2) is 29.4 Å². The number of aromatic nitrogens is 1. The van der Waals surface area contributed by atoms with Gasteiger partial charge in [-0.3, -0.25) is 4.79 Å². The van der Waals surface area contributed by atoms with Crippen molar-refractivity contribution in [1.82, 2.24) is 10.3 Å². The SMILES string of the molecule is CSCCCCCCNC(=O)c1sc(N)nc1C. The second-order valence-electron chi connectivity index (χ2n) is 4.13. The number of hydrogen-bond acceptors (Lipinski definition) is 5. The van der Waals surface area contributed by atoms with Crippen LogP contribution >= 0.6 is 23.1 Å². The smallest absolute Gasteiger partial charge is 0.263 e. The van der Waals surface area contributed by atoms with E-state index >= 15 is 0 Å². The fraction of sp³-hybridized carbons (Fsp3) is 0.667. The zero-order valence-electron chi connectivity index (χ0n) is 11.0. The molecule has 0 fully saturated rings. The predicted molar refractivity (Wildman–Crippen MR) is 80.4 cm³/mol. The first-order valence-corrected chi connectivity index (χ1v) is 8.36. The molecule has 0 radical (unpaired) electrons. The molecule has 1 rings (SSSR count). The van der Waals surface area contributed by atoms with Crippen LogP contribution in [0.25, 0.3) is 0 Å². The zero-order valence-corrected chi connectivity index (χ0v) is 12.6. The molecule has 1 aromatic rings. The third kappa shape index (κ3) is 5.27. The van der Waals surface area contributed by atoms with Crippen LogP contribution in [0, 0.1) is 6.92 Å². The Bertz CT molecular complexity index is 379. The topological polar surface area (TPSA) is 68.0 Å². The summed E-state index contributed by atoms with van der Waals surface area (Å²) in [5, 5.41) is 3.37. The molecule has 1 heterocycles. The number of nitrogen functional groups attached to an aromatic ring is 1. The molecule has 102 valence electrons. The number of nitrogens with zero attached hydrogens (tertiary/aromatic N) is 1. The van der Waals surface area contributed by atoms with E-state index in [2.05, 4.69) is 16.6 Å². The van der Waals surface area contributed by atoms with Crippen molar-refractivity contribution in [1.29, 1.82) is 0 Å². The van der Waals surface area contributed by atoms with Gasteiger partial charge in [0.2, 0.25) is 0 Å². The molecule has 0 aromatic carbocycles. The Morgan fingerprint density at radius 3 is 2.72 bits per heavy atom. The van der Waals surface area contributed by atoms with Crippen LogP contribution < -0.4 is 11.1 Å². The van der Waals surface area contributed by atoms with E-state index < -0.39 is 0 Å². The third-order valence-corrected chi connectivity index (χ3v) is 4.26. The summed E-state index contributed by atoms with van der Waals surface area (Å²) in [4.78, 5) is 16.5. The summed E-state index contributed by atoms with van der Waals surface area (Å²) in [6.07, 6.45) is 6.84. The minimum atomic E-state index is -0.0502. The monoisotopic (exact) mass is 287 g/mol. The van der Waals surface area contributed by atoms with Gasteiger partial charge in [0.25, 0.3) is 5.91 Å². The number of unbranched alkanes of at least 4 members (excludes halogenated alkanes) is 3. The lowest BCUT2D eigenvalue weighted by Gasteiger charge is -2.03. The number of thioether (sulfide) groups is 1. The van der Waals surface area contributed by atoms with Crippen molar-refractivity contribution in [2.75, 3.05) is 24.3 Å². The Kier molecular flexibility index (Phi) is 7.12. The summed E-state index contributed by atoms with van der Waals surface area (Å²) in [5.41, 5.74) is 6.28. The van der Waals surface area contributed by atoms with Gasteiger partial charge in [0.05, 0.1) is 5.69 Å². The number of thiazole rings is 1. The highest BCUT2D eigenvalue weighted by Gasteiger charge is 2.13. The lowest BCUT2D eigenvalue weighted by molar-refractivity contribution is 0.0956. The van der Waals surface area contributed by atoms with E-state index in [1.54, 1.807) is 0 Å². The summed E-state index contributed by atoms with van der Waals surface area (Å²) in [5.74, 6) is 1.18. The van der Waals surface area contributed by atoms with Gasteiger partial charge < -0.3 is 11.1 Å². The van der Waals surface area contributed by atoms with Gasteiger partial charge in [-0.05, 0) is 31.8 Å². The number of carbonyl (C=O) groups is 1. The van der Waals surface area contributed by atoms with Crippen molar-refractivity contribution < 1.29 is 4.79 Å². The normalized spacial score (nSPS) is 10.6. The average Bonchev–Trinajstić information content (AvgIpc) is 2.67. The first-order chi connectivity index (χ1) is 8.65. The van der Waals surface area contributed by atoms with Gasteiger partial charge in [-0.1, -0.05) is 24.2 Å². The Morgan fingerprint density at radius 1 is 1.39 bits per heavy atom. The van der Waals surface area contributed by atoms with Crippen LogP contribution in [0.4, 0.5) is 5.13 Å². The highest BCUT2D eigenvalue weighted by molar-refractivity contribution is 7.98. The van der Waals surface area contributed by atoms with E-state index in [1.165, 1.54) is 36.4 Å². The van der Waals surface area contributed by atoms with E-state index in [0.717, 1.165) is 18.7 Å². The molecule has 1 amide bonds. The first kappa shape index (κ1) is 15.3. The van der Waals surface area contributed by atoms with E-state index in [4.69, 9.17) is 5.73 Å². The Morgan fingerprint density at radius 2 is 2.11 bits per heavy atom. The number of anilines is 1. The molecular formula is C12H21N3OS2. The largest absolute Gasteiger partial charge is 0.375 e. The predicted octanol–water partition coefficient (Wildman–Crippen LogP) is 2.69. The molecule has 0 aliphatic heterocycles. The van der Waals surface area contributed by atoms with E-state index in [1.807, 2.05) is 18.7 Å². The van der Waals surface area contributed by atoms with Crippen molar-refractivity contribution in [2.24, 2.45) is 0 Å². The van der Waals surface area contributed by atoms with Crippen LogP contribution in [0.3, 0.4) is 0 Å². The Hall–Kier alpha value is -0.750. The number of carbonyl (C=O) groups excluding carboxylic acids is 1. The average molecular weight is 287 g/mol. The minimum absolute atomic E-state index is 0.0502. The van der Waals surface area contributed by atoms with Crippen LogP contribution in [0.15, 0.2) is 0 Å². The van der Waals surface area contributed by atoms with Crippen molar-refractivity contribution in [3.63, 3.8) is 0 Å². The molecule has 3 N–H and O–H groups in total. The van der Waals surface area contributed by atoms with E-state index in [-0.39, 0.29) is 5.91 Å². The number of rotatable bonds is 8. The maximum Gasteiger partial charge on any atom is 0.263 e. The summed E-state index contributed by atoms with van der Waals surface area (Å²) in [6, 6.07) is 0. The van der Waals surface area contributed by atoms with Crippen LogP contribution in [-0.2, 0) is 0 Å². The molecule has 4 nitrogen and oxygen atoms in total. The molecule has 0 bridgehead atoms. The number of aryl methyl sites for hydroxylation is 1. The molecule has 1 aromatic heterocycles.